The summed E-state index contributed by atoms with van der Waals surface area (Å²) in [6.45, 7) is 1.85. The Balaban J connectivity index is 2.12. The van der Waals surface area contributed by atoms with Gasteiger partial charge in [0.25, 0.3) is 5.69 Å². The molecule has 0 saturated carbocycles. The average molecular weight is 239 g/mol. The topological polar surface area (TPSA) is 58.4 Å². The minimum absolute atomic E-state index is 0.223. The summed E-state index contributed by atoms with van der Waals surface area (Å²) >= 11 is 0. The van der Waals surface area contributed by atoms with Crippen molar-refractivity contribution in [2.45, 2.75) is 12.5 Å². The maximum atomic E-state index is 13.2. The first-order valence-electron chi connectivity index (χ1n) is 5.44. The zero-order valence-electron chi connectivity index (χ0n) is 9.52. The Hall–Kier alpha value is -1.69. The molecule has 92 valence electrons. The highest BCUT2D eigenvalue weighted by molar-refractivity contribution is 5.52. The first-order chi connectivity index (χ1) is 8.04. The van der Waals surface area contributed by atoms with E-state index < -0.39 is 10.7 Å². The highest BCUT2D eigenvalue weighted by atomic mass is 19.1. The summed E-state index contributed by atoms with van der Waals surface area (Å²) in [6, 6.07) is 3.79. The predicted octanol–water partition coefficient (Wildman–Crippen LogP) is 1.85. The number of likely N-dealkylation sites (N-methyl/N-ethyl adjacent to an activating group) is 1. The van der Waals surface area contributed by atoms with Crippen LogP contribution in [0.1, 0.15) is 6.42 Å². The molecule has 0 spiro atoms. The van der Waals surface area contributed by atoms with Crippen LogP contribution in [0.2, 0.25) is 0 Å². The van der Waals surface area contributed by atoms with Crippen LogP contribution in [-0.2, 0) is 0 Å². The van der Waals surface area contributed by atoms with Crippen molar-refractivity contribution in [2.24, 2.45) is 0 Å². The summed E-state index contributed by atoms with van der Waals surface area (Å²) in [6.07, 6.45) is 0.959. The molecule has 0 radical (unpaired) electrons. The van der Waals surface area contributed by atoms with Gasteiger partial charge in [0, 0.05) is 24.3 Å². The van der Waals surface area contributed by atoms with Gasteiger partial charge in [0.1, 0.15) is 5.82 Å². The Morgan fingerprint density at radius 1 is 1.53 bits per heavy atom. The van der Waals surface area contributed by atoms with Crippen molar-refractivity contribution in [2.75, 3.05) is 25.5 Å². The van der Waals surface area contributed by atoms with Gasteiger partial charge in [-0.25, -0.2) is 4.39 Å². The van der Waals surface area contributed by atoms with Crippen molar-refractivity contribution < 1.29 is 9.31 Å². The third-order valence-corrected chi connectivity index (χ3v) is 2.86. The Morgan fingerprint density at radius 2 is 2.29 bits per heavy atom. The van der Waals surface area contributed by atoms with Gasteiger partial charge in [-0.15, -0.1) is 0 Å². The van der Waals surface area contributed by atoms with Gasteiger partial charge in [-0.3, -0.25) is 10.1 Å². The van der Waals surface area contributed by atoms with Crippen LogP contribution in [0.5, 0.6) is 0 Å². The molecule has 6 heteroatoms. The SMILES string of the molecule is CN1CCC(Nc2cc(F)cc([N+](=O)[O-])c2)C1. The number of benzene rings is 1. The average Bonchev–Trinajstić information content (AvgIpc) is 2.63. The number of hydrogen-bond acceptors (Lipinski definition) is 4. The van der Waals surface area contributed by atoms with Crippen LogP contribution in [-0.4, -0.2) is 36.0 Å². The predicted molar refractivity (Wildman–Crippen MR) is 62.6 cm³/mol. The second kappa shape index (κ2) is 4.67. The summed E-state index contributed by atoms with van der Waals surface area (Å²) in [5.74, 6) is -0.590. The molecule has 5 nitrogen and oxygen atoms in total. The number of anilines is 1. The maximum absolute atomic E-state index is 13.2. The normalized spacial score (nSPS) is 20.5. The van der Waals surface area contributed by atoms with E-state index in [-0.39, 0.29) is 11.7 Å². The molecule has 0 amide bonds. The summed E-state index contributed by atoms with van der Waals surface area (Å²) in [7, 11) is 2.01. The van der Waals surface area contributed by atoms with Crippen molar-refractivity contribution in [1.29, 1.82) is 0 Å². The Bertz CT molecular complexity index is 439. The zero-order valence-corrected chi connectivity index (χ0v) is 9.52. The maximum Gasteiger partial charge on any atom is 0.274 e. The van der Waals surface area contributed by atoms with Gasteiger partial charge in [0.15, 0.2) is 0 Å². The minimum Gasteiger partial charge on any atom is -0.381 e. The van der Waals surface area contributed by atoms with E-state index in [0.29, 0.717) is 5.69 Å². The Morgan fingerprint density at radius 3 is 2.88 bits per heavy atom. The molecule has 0 bridgehead atoms. The van der Waals surface area contributed by atoms with Crippen LogP contribution in [0.25, 0.3) is 0 Å². The molecule has 1 N–H and O–H groups in total. The smallest absolute Gasteiger partial charge is 0.274 e. The number of likely N-dealkylation sites (tertiary alicyclic amines) is 1. The van der Waals surface area contributed by atoms with Gasteiger partial charge in [-0.2, -0.15) is 0 Å². The van der Waals surface area contributed by atoms with Gasteiger partial charge < -0.3 is 10.2 Å². The van der Waals surface area contributed by atoms with Gasteiger partial charge in [-0.1, -0.05) is 0 Å². The van der Waals surface area contributed by atoms with E-state index in [1.807, 2.05) is 7.05 Å². The highest BCUT2D eigenvalue weighted by Crippen LogP contribution is 2.22. The number of halogens is 1. The molecule has 1 aromatic carbocycles. The fourth-order valence-electron chi connectivity index (χ4n) is 2.05. The molecule has 0 aromatic heterocycles. The van der Waals surface area contributed by atoms with Crippen LogP contribution in [0.4, 0.5) is 15.8 Å². The van der Waals surface area contributed by atoms with Crippen LogP contribution in [0.3, 0.4) is 0 Å². The van der Waals surface area contributed by atoms with Crippen molar-refractivity contribution >= 4 is 11.4 Å². The number of nitro benzene ring substituents is 1. The van der Waals surface area contributed by atoms with E-state index in [1.165, 1.54) is 12.1 Å². The van der Waals surface area contributed by atoms with Crippen LogP contribution in [0, 0.1) is 15.9 Å². The highest BCUT2D eigenvalue weighted by Gasteiger charge is 2.20. The number of nitro groups is 1. The van der Waals surface area contributed by atoms with Gasteiger partial charge >= 0.3 is 0 Å². The molecule has 0 aliphatic carbocycles. The van der Waals surface area contributed by atoms with E-state index >= 15 is 0 Å². The Labute approximate surface area is 98.4 Å². The summed E-state index contributed by atoms with van der Waals surface area (Å²) in [5.41, 5.74) is 0.246. The summed E-state index contributed by atoms with van der Waals surface area (Å²) in [5, 5.41) is 13.7. The lowest BCUT2D eigenvalue weighted by molar-refractivity contribution is -0.385. The molecular formula is C11H14FN3O2. The van der Waals surface area contributed by atoms with Gasteiger partial charge in [-0.05, 0) is 26.1 Å². The number of non-ortho nitro benzene ring substituents is 1. The number of nitrogens with one attached hydrogen (secondary N) is 1. The van der Waals surface area contributed by atoms with Crippen molar-refractivity contribution in [3.8, 4) is 0 Å². The fourth-order valence-corrected chi connectivity index (χ4v) is 2.05. The standard InChI is InChI=1S/C11H14FN3O2/c1-14-3-2-9(7-14)13-10-4-8(12)5-11(6-10)15(16)17/h4-6,9,13H,2-3,7H2,1H3. The van der Waals surface area contributed by atoms with E-state index in [1.54, 1.807) is 0 Å². The summed E-state index contributed by atoms with van der Waals surface area (Å²) in [4.78, 5) is 12.2. The van der Waals surface area contributed by atoms with Crippen molar-refractivity contribution in [1.82, 2.24) is 4.90 Å². The van der Waals surface area contributed by atoms with Crippen LogP contribution >= 0.6 is 0 Å². The number of nitrogens with zero attached hydrogens (tertiary/aromatic N) is 2. The second-order valence-electron chi connectivity index (χ2n) is 4.35. The van der Waals surface area contributed by atoms with E-state index in [9.17, 15) is 14.5 Å². The first kappa shape index (κ1) is 11.8. The van der Waals surface area contributed by atoms with E-state index in [0.717, 1.165) is 25.6 Å². The monoisotopic (exact) mass is 239 g/mol. The van der Waals surface area contributed by atoms with E-state index in [2.05, 4.69) is 10.2 Å². The van der Waals surface area contributed by atoms with Crippen LogP contribution < -0.4 is 5.32 Å². The lowest BCUT2D eigenvalue weighted by Crippen LogP contribution is -2.23. The second-order valence-corrected chi connectivity index (χ2v) is 4.35. The number of rotatable bonds is 3. The molecule has 1 aliphatic heterocycles. The molecule has 1 aliphatic rings. The first-order valence-corrected chi connectivity index (χ1v) is 5.44. The van der Waals surface area contributed by atoms with Gasteiger partial charge in [0.05, 0.1) is 11.0 Å². The van der Waals surface area contributed by atoms with E-state index in [4.69, 9.17) is 0 Å². The minimum atomic E-state index is -0.590. The quantitative estimate of drug-likeness (QED) is 0.646. The third-order valence-electron chi connectivity index (χ3n) is 2.86. The third kappa shape index (κ3) is 2.91. The molecule has 17 heavy (non-hydrogen) atoms. The fraction of sp³-hybridized carbons (Fsp3) is 0.455. The van der Waals surface area contributed by atoms with Crippen LogP contribution in [0.15, 0.2) is 18.2 Å². The molecular weight excluding hydrogens is 225 g/mol. The summed E-state index contributed by atoms with van der Waals surface area (Å²) < 4.78 is 13.2. The van der Waals surface area contributed by atoms with Crippen molar-refractivity contribution in [3.63, 3.8) is 0 Å². The molecule has 1 unspecified atom stereocenters. The van der Waals surface area contributed by atoms with Crippen molar-refractivity contribution in [3.05, 3.63) is 34.1 Å². The largest absolute Gasteiger partial charge is 0.381 e. The molecule has 1 aromatic rings. The Kier molecular flexibility index (Phi) is 3.23. The zero-order chi connectivity index (χ0) is 12.4. The molecule has 1 saturated heterocycles. The lowest BCUT2D eigenvalue weighted by atomic mass is 10.2. The number of hydrogen-bond donors (Lipinski definition) is 1. The molecule has 2 rings (SSSR count). The molecule has 1 atom stereocenters. The lowest BCUT2D eigenvalue weighted by Gasteiger charge is -2.14. The van der Waals surface area contributed by atoms with Gasteiger partial charge in [0.2, 0.25) is 0 Å². The molecule has 1 fully saturated rings. The molecule has 1 heterocycles.